The number of benzene rings is 2. The Labute approximate surface area is 165 Å². The van der Waals surface area contributed by atoms with E-state index >= 15 is 0 Å². The highest BCUT2D eigenvalue weighted by Gasteiger charge is 2.27. The van der Waals surface area contributed by atoms with E-state index in [4.69, 9.17) is 33.1 Å². The van der Waals surface area contributed by atoms with E-state index in [1.54, 1.807) is 0 Å². The number of rotatable bonds is 3. The van der Waals surface area contributed by atoms with E-state index in [0.29, 0.717) is 30.9 Å². The van der Waals surface area contributed by atoms with Crippen LogP contribution in [0.4, 0.5) is 10.1 Å². The monoisotopic (exact) mass is 429 g/mol. The van der Waals surface area contributed by atoms with Crippen molar-refractivity contribution in [2.75, 3.05) is 24.6 Å². The number of nitrogens with zero attached hydrogens (tertiary/aromatic N) is 2. The minimum atomic E-state index is -3.92. The van der Waals surface area contributed by atoms with Gasteiger partial charge in [0, 0.05) is 23.7 Å². The van der Waals surface area contributed by atoms with Crippen LogP contribution in [0.3, 0.4) is 0 Å². The van der Waals surface area contributed by atoms with Crippen LogP contribution in [0, 0.1) is 17.1 Å². The van der Waals surface area contributed by atoms with E-state index in [1.165, 1.54) is 30.3 Å². The molecule has 1 aliphatic rings. The van der Waals surface area contributed by atoms with Gasteiger partial charge in [0.1, 0.15) is 18.0 Å². The number of halogens is 3. The van der Waals surface area contributed by atoms with Crippen LogP contribution < -0.4 is 10.0 Å². The molecule has 0 radical (unpaired) electrons. The van der Waals surface area contributed by atoms with Gasteiger partial charge in [-0.25, -0.2) is 17.9 Å². The summed E-state index contributed by atoms with van der Waals surface area (Å²) >= 11 is 11.9. The summed E-state index contributed by atoms with van der Waals surface area (Å²) in [6.07, 6.45) is -0.539. The third kappa shape index (κ3) is 4.18. The van der Waals surface area contributed by atoms with Gasteiger partial charge >= 0.3 is 0 Å². The zero-order valence-electron chi connectivity index (χ0n) is 13.8. The van der Waals surface area contributed by atoms with Crippen molar-refractivity contribution in [2.45, 2.75) is 11.0 Å². The lowest BCUT2D eigenvalue weighted by atomic mass is 10.1. The molecule has 0 amide bonds. The average molecular weight is 430 g/mol. The van der Waals surface area contributed by atoms with Crippen LogP contribution in [-0.4, -0.2) is 28.1 Å². The minimum Gasteiger partial charge on any atom is -0.370 e. The normalized spacial score (nSPS) is 17.6. The Hall–Kier alpha value is -1.89. The molecule has 1 heterocycles. The second kappa shape index (κ2) is 7.62. The number of primary sulfonamides is 1. The molecule has 6 nitrogen and oxygen atoms in total. The van der Waals surface area contributed by atoms with Crippen LogP contribution in [0.25, 0.3) is 0 Å². The molecule has 1 saturated heterocycles. The third-order valence-corrected chi connectivity index (χ3v) is 5.74. The molecule has 0 bridgehead atoms. The highest BCUT2D eigenvalue weighted by molar-refractivity contribution is 7.89. The summed E-state index contributed by atoms with van der Waals surface area (Å²) in [5, 5.41) is 14.7. The first-order chi connectivity index (χ1) is 12.7. The van der Waals surface area contributed by atoms with Gasteiger partial charge in [-0.2, -0.15) is 5.26 Å². The lowest BCUT2D eigenvalue weighted by molar-refractivity contribution is 0.0396. The number of morpholine rings is 1. The molecular weight excluding hydrogens is 416 g/mol. The largest absolute Gasteiger partial charge is 0.370 e. The highest BCUT2D eigenvalue weighted by Crippen LogP contribution is 2.34. The predicted molar refractivity (Wildman–Crippen MR) is 99.9 cm³/mol. The van der Waals surface area contributed by atoms with Crippen LogP contribution >= 0.6 is 23.2 Å². The van der Waals surface area contributed by atoms with Crippen LogP contribution in [-0.2, 0) is 14.8 Å². The summed E-state index contributed by atoms with van der Waals surface area (Å²) in [5.41, 5.74) is 1.14. The predicted octanol–water partition coefficient (Wildman–Crippen LogP) is 3.23. The van der Waals surface area contributed by atoms with Crippen molar-refractivity contribution < 1.29 is 17.5 Å². The van der Waals surface area contributed by atoms with Crippen LogP contribution in [0.15, 0.2) is 35.2 Å². The SMILES string of the molecule is N#Cc1cc(S(N)(=O)=O)ccc1N1CCOC(c2cc(F)c(Cl)cc2Cl)C1. The lowest BCUT2D eigenvalue weighted by Crippen LogP contribution is -2.39. The minimum absolute atomic E-state index is 0.0817. The second-order valence-corrected chi connectivity index (χ2v) is 8.30. The fraction of sp³-hybridized carbons (Fsp3) is 0.235. The highest BCUT2D eigenvalue weighted by atomic mass is 35.5. The van der Waals surface area contributed by atoms with Crippen molar-refractivity contribution in [1.82, 2.24) is 0 Å². The van der Waals surface area contributed by atoms with Crippen molar-refractivity contribution in [3.63, 3.8) is 0 Å². The smallest absolute Gasteiger partial charge is 0.238 e. The first kappa shape index (κ1) is 19.9. The van der Waals surface area contributed by atoms with Gasteiger partial charge in [0.25, 0.3) is 0 Å². The van der Waals surface area contributed by atoms with Gasteiger partial charge in [0.2, 0.25) is 10.0 Å². The Kier molecular flexibility index (Phi) is 5.60. The maximum absolute atomic E-state index is 13.8. The third-order valence-electron chi connectivity index (χ3n) is 4.21. The Morgan fingerprint density at radius 2 is 2.00 bits per heavy atom. The Bertz CT molecular complexity index is 1040. The van der Waals surface area contributed by atoms with Gasteiger partial charge in [-0.3, -0.25) is 0 Å². The summed E-state index contributed by atoms with van der Waals surface area (Å²) in [6, 6.07) is 8.61. The van der Waals surface area contributed by atoms with Gasteiger partial charge in [-0.1, -0.05) is 23.2 Å². The van der Waals surface area contributed by atoms with E-state index in [2.05, 4.69) is 0 Å². The number of ether oxygens (including phenoxy) is 1. The first-order valence-corrected chi connectivity index (χ1v) is 10.1. The van der Waals surface area contributed by atoms with E-state index in [1.807, 2.05) is 11.0 Å². The number of hydrogen-bond acceptors (Lipinski definition) is 5. The van der Waals surface area contributed by atoms with Crippen LogP contribution in [0.2, 0.25) is 10.0 Å². The van der Waals surface area contributed by atoms with E-state index in [9.17, 15) is 18.1 Å². The topological polar surface area (TPSA) is 96.4 Å². The molecule has 1 atom stereocenters. The average Bonchev–Trinajstić information content (AvgIpc) is 2.63. The van der Waals surface area contributed by atoms with Crippen molar-refractivity contribution >= 4 is 38.9 Å². The Morgan fingerprint density at radius 3 is 2.67 bits per heavy atom. The number of nitrogens with two attached hydrogens (primary N) is 1. The van der Waals surface area contributed by atoms with Gasteiger partial charge in [-0.05, 0) is 30.3 Å². The van der Waals surface area contributed by atoms with Crippen molar-refractivity contribution in [3.8, 4) is 6.07 Å². The number of anilines is 1. The second-order valence-electron chi connectivity index (χ2n) is 5.93. The molecule has 0 spiro atoms. The van der Waals surface area contributed by atoms with E-state index in [-0.39, 0.29) is 20.5 Å². The fourth-order valence-corrected chi connectivity index (χ4v) is 3.94. The number of sulfonamides is 1. The number of hydrogen-bond donors (Lipinski definition) is 1. The molecule has 27 heavy (non-hydrogen) atoms. The van der Waals surface area contributed by atoms with Crippen molar-refractivity contribution in [2.24, 2.45) is 5.14 Å². The molecule has 1 fully saturated rings. The molecular formula is C17H14Cl2FN3O3S. The number of nitriles is 1. The van der Waals surface area contributed by atoms with E-state index < -0.39 is 21.9 Å². The molecule has 0 aromatic heterocycles. The van der Waals surface area contributed by atoms with Crippen molar-refractivity contribution in [3.05, 3.63) is 57.3 Å². The quantitative estimate of drug-likeness (QED) is 0.755. The zero-order valence-corrected chi connectivity index (χ0v) is 16.2. The molecule has 10 heteroatoms. The van der Waals surface area contributed by atoms with Gasteiger partial charge in [0.05, 0.1) is 27.8 Å². The zero-order chi connectivity index (χ0) is 19.8. The summed E-state index contributed by atoms with van der Waals surface area (Å²) < 4.78 is 42.5. The lowest BCUT2D eigenvalue weighted by Gasteiger charge is -2.35. The van der Waals surface area contributed by atoms with Gasteiger partial charge in [0.15, 0.2) is 0 Å². The summed E-state index contributed by atoms with van der Waals surface area (Å²) in [6.45, 7) is 1.07. The molecule has 3 rings (SSSR count). The van der Waals surface area contributed by atoms with Crippen LogP contribution in [0.5, 0.6) is 0 Å². The van der Waals surface area contributed by atoms with E-state index in [0.717, 1.165) is 0 Å². The van der Waals surface area contributed by atoms with Gasteiger partial charge < -0.3 is 9.64 Å². The van der Waals surface area contributed by atoms with Gasteiger partial charge in [-0.15, -0.1) is 0 Å². The Morgan fingerprint density at radius 1 is 1.26 bits per heavy atom. The van der Waals surface area contributed by atoms with Crippen molar-refractivity contribution in [1.29, 1.82) is 5.26 Å². The molecule has 1 unspecified atom stereocenters. The summed E-state index contributed by atoms with van der Waals surface area (Å²) in [7, 11) is -3.92. The standard InChI is InChI=1S/C17H14Cl2FN3O3S/c18-13-7-14(19)15(20)6-12(13)17-9-23(3-4-26-17)16-2-1-11(27(22,24)25)5-10(16)8-21/h1-2,5-7,17H,3-4,9H2,(H2,22,24,25). The molecule has 2 aromatic rings. The molecule has 2 aromatic carbocycles. The summed E-state index contributed by atoms with van der Waals surface area (Å²) in [5.74, 6) is -0.605. The maximum atomic E-state index is 13.8. The molecule has 142 valence electrons. The molecule has 1 aliphatic heterocycles. The molecule has 0 aliphatic carbocycles. The Balaban J connectivity index is 1.93. The molecule has 2 N–H and O–H groups in total. The van der Waals surface area contributed by atoms with Crippen LogP contribution in [0.1, 0.15) is 17.2 Å². The fourth-order valence-electron chi connectivity index (χ4n) is 2.90. The summed E-state index contributed by atoms with van der Waals surface area (Å²) in [4.78, 5) is 1.71. The first-order valence-electron chi connectivity index (χ1n) is 7.78. The molecule has 0 saturated carbocycles. The maximum Gasteiger partial charge on any atom is 0.238 e.